The van der Waals surface area contributed by atoms with Gasteiger partial charge in [0.05, 0.1) is 0 Å². The predicted octanol–water partition coefficient (Wildman–Crippen LogP) is 0.993. The third kappa shape index (κ3) is 5.84. The molecule has 0 rings (SSSR count). The molecule has 2 N–H and O–H groups in total. The molecule has 0 aliphatic rings. The Morgan fingerprint density at radius 3 is 2.00 bits per heavy atom. The summed E-state index contributed by atoms with van der Waals surface area (Å²) in [6.07, 6.45) is 0. The first-order valence-corrected chi connectivity index (χ1v) is 3.92. The molecule has 0 aromatic carbocycles. The Hall–Kier alpha value is -0.160. The number of rotatable bonds is 0. The topological polar surface area (TPSA) is 60.2 Å². The fourth-order valence-corrected chi connectivity index (χ4v) is 0.898. The lowest BCUT2D eigenvalue weighted by Crippen LogP contribution is -2.00. The normalized spacial score (nSPS) is 8.62. The second-order valence-electron chi connectivity index (χ2n) is 0.977. The fourth-order valence-electron chi connectivity index (χ4n) is 0.0997. The minimum Gasteiger partial charge on any atom is -0.360 e. The monoisotopic (exact) mass is 151 g/mol. The van der Waals surface area contributed by atoms with E-state index in [0.717, 1.165) is 21.6 Å². The van der Waals surface area contributed by atoms with E-state index < -0.39 is 5.24 Å². The smallest absolute Gasteiger partial charge is 0.287 e. The van der Waals surface area contributed by atoms with Gasteiger partial charge in [-0.3, -0.25) is 9.59 Å². The maximum Gasteiger partial charge on any atom is 0.287 e. The average Bonchev–Trinajstić information content (AvgIpc) is 1.61. The summed E-state index contributed by atoms with van der Waals surface area (Å²) in [6, 6.07) is 0. The number of primary amides is 1. The van der Waals surface area contributed by atoms with Crippen LogP contribution in [0, 0.1) is 0 Å². The van der Waals surface area contributed by atoms with Crippen LogP contribution in [0.2, 0.25) is 0 Å². The van der Waals surface area contributed by atoms with E-state index in [1.165, 1.54) is 6.92 Å². The molecule has 0 saturated carbocycles. The first-order chi connectivity index (χ1) is 3.63. The molecule has 0 aromatic heterocycles. The Morgan fingerprint density at radius 1 is 1.38 bits per heavy atom. The van der Waals surface area contributed by atoms with Crippen molar-refractivity contribution in [3.8, 4) is 0 Å². The van der Waals surface area contributed by atoms with Crippen LogP contribution in [-0.2, 0) is 4.79 Å². The van der Waals surface area contributed by atoms with Crippen LogP contribution in [0.1, 0.15) is 6.92 Å². The van der Waals surface area contributed by atoms with E-state index in [1.54, 1.807) is 0 Å². The number of hydrogen-bond donors (Lipinski definition) is 1. The quantitative estimate of drug-likeness (QED) is 0.524. The Kier molecular flexibility index (Phi) is 3.72. The lowest BCUT2D eigenvalue weighted by Gasteiger charge is -1.85. The third-order valence-corrected chi connectivity index (χ3v) is 2.17. The fraction of sp³-hybridized carbons (Fsp3) is 0.333. The minimum atomic E-state index is -0.537. The van der Waals surface area contributed by atoms with Crippen molar-refractivity contribution in [1.29, 1.82) is 0 Å². The molecule has 3 nitrogen and oxygen atoms in total. The molecule has 0 aliphatic heterocycles. The number of amides is 1. The van der Waals surface area contributed by atoms with E-state index in [4.69, 9.17) is 5.73 Å². The first kappa shape index (κ1) is 7.84. The van der Waals surface area contributed by atoms with Crippen LogP contribution >= 0.6 is 21.6 Å². The van der Waals surface area contributed by atoms with Crippen LogP contribution in [0.15, 0.2) is 0 Å². The summed E-state index contributed by atoms with van der Waals surface area (Å²) >= 11 is 0. The van der Waals surface area contributed by atoms with E-state index >= 15 is 0 Å². The number of carbonyl (C=O) groups excluding carboxylic acids is 2. The summed E-state index contributed by atoms with van der Waals surface area (Å²) in [5.41, 5.74) is 4.69. The van der Waals surface area contributed by atoms with Gasteiger partial charge in [-0.25, -0.2) is 0 Å². The van der Waals surface area contributed by atoms with Crippen LogP contribution in [0.5, 0.6) is 0 Å². The van der Waals surface area contributed by atoms with Gasteiger partial charge in [-0.2, -0.15) is 0 Å². The van der Waals surface area contributed by atoms with E-state index in [0.29, 0.717) is 0 Å². The van der Waals surface area contributed by atoms with Crippen LogP contribution in [-0.4, -0.2) is 10.4 Å². The molecule has 46 valence electrons. The van der Waals surface area contributed by atoms with Gasteiger partial charge < -0.3 is 5.73 Å². The van der Waals surface area contributed by atoms with Gasteiger partial charge in [0.15, 0.2) is 5.12 Å². The highest BCUT2D eigenvalue weighted by atomic mass is 33.1. The van der Waals surface area contributed by atoms with Gasteiger partial charge in [-0.05, 0) is 10.8 Å². The highest BCUT2D eigenvalue weighted by Gasteiger charge is 1.97. The zero-order chi connectivity index (χ0) is 6.57. The molecule has 0 aliphatic carbocycles. The van der Waals surface area contributed by atoms with Crippen molar-refractivity contribution in [2.24, 2.45) is 5.73 Å². The van der Waals surface area contributed by atoms with Gasteiger partial charge in [-0.15, -0.1) is 0 Å². The summed E-state index contributed by atoms with van der Waals surface area (Å²) in [4.78, 5) is 20.0. The summed E-state index contributed by atoms with van der Waals surface area (Å²) in [6.45, 7) is 1.38. The molecule has 5 heteroatoms. The zero-order valence-corrected chi connectivity index (χ0v) is 5.84. The molecule has 0 spiro atoms. The number of hydrogen-bond acceptors (Lipinski definition) is 4. The molecule has 0 atom stereocenters. The first-order valence-electron chi connectivity index (χ1n) is 1.77. The Labute approximate surface area is 54.8 Å². The lowest BCUT2D eigenvalue weighted by molar-refractivity contribution is -0.109. The van der Waals surface area contributed by atoms with E-state index in [-0.39, 0.29) is 5.12 Å². The molecule has 0 heterocycles. The second kappa shape index (κ2) is 3.80. The summed E-state index contributed by atoms with van der Waals surface area (Å²) < 4.78 is 0. The van der Waals surface area contributed by atoms with Gasteiger partial charge in [0.2, 0.25) is 0 Å². The van der Waals surface area contributed by atoms with Crippen molar-refractivity contribution >= 4 is 31.9 Å². The molecule has 0 bridgehead atoms. The van der Waals surface area contributed by atoms with E-state index in [9.17, 15) is 9.59 Å². The highest BCUT2D eigenvalue weighted by Crippen LogP contribution is 2.20. The molecule has 0 radical (unpaired) electrons. The van der Waals surface area contributed by atoms with Crippen LogP contribution in [0.25, 0.3) is 0 Å². The van der Waals surface area contributed by atoms with E-state index in [2.05, 4.69) is 0 Å². The maximum absolute atomic E-state index is 10.1. The molecule has 0 saturated heterocycles. The van der Waals surface area contributed by atoms with Crippen molar-refractivity contribution < 1.29 is 9.59 Å². The number of nitrogens with two attached hydrogens (primary N) is 1. The largest absolute Gasteiger partial charge is 0.360 e. The van der Waals surface area contributed by atoms with Crippen LogP contribution < -0.4 is 5.73 Å². The molecule has 1 amide bonds. The summed E-state index contributed by atoms with van der Waals surface area (Å²) in [5, 5.41) is -0.654. The number of carbonyl (C=O) groups is 2. The third-order valence-electron chi connectivity index (χ3n) is 0.241. The van der Waals surface area contributed by atoms with Crippen molar-refractivity contribution in [3.05, 3.63) is 0 Å². The maximum atomic E-state index is 10.1. The van der Waals surface area contributed by atoms with Crippen LogP contribution in [0.4, 0.5) is 4.79 Å². The van der Waals surface area contributed by atoms with Gasteiger partial charge >= 0.3 is 0 Å². The van der Waals surface area contributed by atoms with Gasteiger partial charge in [-0.1, -0.05) is 0 Å². The van der Waals surface area contributed by atoms with E-state index in [1.807, 2.05) is 0 Å². The summed E-state index contributed by atoms with van der Waals surface area (Å²) in [5.74, 6) is 0. The summed E-state index contributed by atoms with van der Waals surface area (Å²) in [7, 11) is 1.59. The Morgan fingerprint density at radius 2 is 1.88 bits per heavy atom. The van der Waals surface area contributed by atoms with Crippen molar-refractivity contribution in [2.75, 3.05) is 0 Å². The Balaban J connectivity index is 3.18. The lowest BCUT2D eigenvalue weighted by atomic mass is 10.9. The molecule has 0 fully saturated rings. The average molecular weight is 151 g/mol. The van der Waals surface area contributed by atoms with Crippen molar-refractivity contribution in [1.82, 2.24) is 0 Å². The predicted molar refractivity (Wildman–Crippen MR) is 35.4 cm³/mol. The molecule has 0 unspecified atom stereocenters. The minimum absolute atomic E-state index is 0.117. The SMILES string of the molecule is CC(=O)SSC(N)=O. The standard InChI is InChI=1S/C3H5NO2S2/c1-2(5)7-8-3(4)6/h1H3,(H2,4,6). The second-order valence-corrected chi connectivity index (χ2v) is 3.29. The highest BCUT2D eigenvalue weighted by molar-refractivity contribution is 8.87. The van der Waals surface area contributed by atoms with Crippen molar-refractivity contribution in [3.63, 3.8) is 0 Å². The zero-order valence-electron chi connectivity index (χ0n) is 4.21. The molecular weight excluding hydrogens is 146 g/mol. The van der Waals surface area contributed by atoms with Crippen molar-refractivity contribution in [2.45, 2.75) is 6.92 Å². The Bertz CT molecular complexity index is 99.9. The molecule has 8 heavy (non-hydrogen) atoms. The van der Waals surface area contributed by atoms with Gasteiger partial charge in [0.1, 0.15) is 0 Å². The van der Waals surface area contributed by atoms with Gasteiger partial charge in [0, 0.05) is 17.7 Å². The molecule has 0 aromatic rings. The van der Waals surface area contributed by atoms with Gasteiger partial charge in [0.25, 0.3) is 5.24 Å². The van der Waals surface area contributed by atoms with Crippen LogP contribution in [0.3, 0.4) is 0 Å². The molecular formula is C3H5NO2S2.